The van der Waals surface area contributed by atoms with Crippen molar-refractivity contribution in [3.05, 3.63) is 58.4 Å². The number of aromatic nitrogens is 2. The molecule has 0 bridgehead atoms. The van der Waals surface area contributed by atoms with Crippen LogP contribution in [-0.2, 0) is 5.41 Å². The fourth-order valence-corrected chi connectivity index (χ4v) is 6.44. The number of nitriles is 1. The average molecular weight is 454 g/mol. The van der Waals surface area contributed by atoms with Gasteiger partial charge in [0, 0.05) is 65.5 Å². The number of fused-ring (bicyclic) bond motifs is 4. The molecule has 0 amide bonds. The Kier molecular flexibility index (Phi) is 4.66. The van der Waals surface area contributed by atoms with Crippen LogP contribution in [0.25, 0.3) is 10.9 Å². The fourth-order valence-electron chi connectivity index (χ4n) is 6.44. The summed E-state index contributed by atoms with van der Waals surface area (Å²) in [5, 5.41) is 10.2. The van der Waals surface area contributed by atoms with Gasteiger partial charge in [-0.3, -0.25) is 9.69 Å². The van der Waals surface area contributed by atoms with E-state index in [1.165, 1.54) is 25.7 Å². The number of H-pyrrole nitrogens is 1. The molecule has 1 aliphatic heterocycles. The number of ketones is 1. The van der Waals surface area contributed by atoms with E-state index in [4.69, 9.17) is 4.98 Å². The number of nitrogens with zero attached hydrogens (tertiary/aromatic N) is 4. The van der Waals surface area contributed by atoms with Crippen molar-refractivity contribution in [1.82, 2.24) is 14.9 Å². The highest BCUT2D eigenvalue weighted by molar-refractivity contribution is 6.20. The van der Waals surface area contributed by atoms with Crippen LogP contribution in [0.1, 0.15) is 79.2 Å². The number of pyridine rings is 1. The Hall–Kier alpha value is -3.17. The summed E-state index contributed by atoms with van der Waals surface area (Å²) >= 11 is 0. The lowest BCUT2D eigenvalue weighted by molar-refractivity contribution is 0.00826. The van der Waals surface area contributed by atoms with Crippen molar-refractivity contribution in [2.45, 2.75) is 57.4 Å². The van der Waals surface area contributed by atoms with Crippen molar-refractivity contribution in [1.29, 1.82) is 5.26 Å². The van der Waals surface area contributed by atoms with E-state index in [0.717, 1.165) is 54.2 Å². The van der Waals surface area contributed by atoms with E-state index in [1.54, 1.807) is 12.3 Å². The van der Waals surface area contributed by atoms with Gasteiger partial charge < -0.3 is 9.88 Å². The van der Waals surface area contributed by atoms with Gasteiger partial charge in [0.2, 0.25) is 0 Å². The topological polar surface area (TPSA) is 76.0 Å². The third-order valence-corrected chi connectivity index (χ3v) is 8.80. The maximum absolute atomic E-state index is 13.6. The highest BCUT2D eigenvalue weighted by Gasteiger charge is 2.43. The van der Waals surface area contributed by atoms with Gasteiger partial charge in [-0.05, 0) is 49.4 Å². The summed E-state index contributed by atoms with van der Waals surface area (Å²) in [7, 11) is 0. The van der Waals surface area contributed by atoms with Crippen molar-refractivity contribution < 1.29 is 4.79 Å². The lowest BCUT2D eigenvalue weighted by Crippen LogP contribution is -2.60. The Morgan fingerprint density at radius 1 is 1.15 bits per heavy atom. The van der Waals surface area contributed by atoms with Crippen LogP contribution in [0.2, 0.25) is 0 Å². The average Bonchev–Trinajstić information content (AvgIpc) is 3.23. The van der Waals surface area contributed by atoms with Gasteiger partial charge in [-0.2, -0.15) is 5.26 Å². The zero-order valence-electron chi connectivity index (χ0n) is 20.2. The Balaban J connectivity index is 1.33. The number of carbonyl (C=O) groups excluding carboxylic acids is 1. The number of benzene rings is 1. The number of rotatable bonds is 3. The van der Waals surface area contributed by atoms with Crippen molar-refractivity contribution >= 4 is 22.5 Å². The molecule has 3 heterocycles. The van der Waals surface area contributed by atoms with Gasteiger partial charge in [0.05, 0.1) is 17.2 Å². The van der Waals surface area contributed by atoms with E-state index >= 15 is 0 Å². The molecular formula is C28H31N5O. The van der Waals surface area contributed by atoms with Gasteiger partial charge >= 0.3 is 0 Å². The standard InChI is InChI=1S/C28H31N5O/c1-4-28(8-5-9-28)33-12-10-32(11-13-33)23-15-21-20(17-30-23)25(34)24-19-7-6-18(16-29)14-22(19)31-26(24)27(21,2)3/h6-7,14-15,17,31H,4-5,8-13H2,1-3H3. The number of anilines is 1. The molecule has 2 aliphatic carbocycles. The van der Waals surface area contributed by atoms with Gasteiger partial charge in [-0.1, -0.05) is 26.8 Å². The summed E-state index contributed by atoms with van der Waals surface area (Å²) in [6.07, 6.45) is 7.05. The van der Waals surface area contributed by atoms with Crippen molar-refractivity contribution in [3.8, 4) is 6.07 Å². The predicted octanol–water partition coefficient (Wildman–Crippen LogP) is 4.76. The zero-order chi connectivity index (χ0) is 23.7. The van der Waals surface area contributed by atoms with Crippen LogP contribution in [0.4, 0.5) is 5.82 Å². The SMILES string of the molecule is CCC1(N2CCN(c3cc4c(cn3)C(=O)c3c([nH]c5cc(C#N)ccc35)C4(C)C)CC2)CCC1. The van der Waals surface area contributed by atoms with E-state index in [1.807, 2.05) is 12.1 Å². The minimum atomic E-state index is -0.373. The van der Waals surface area contributed by atoms with Crippen LogP contribution in [-0.4, -0.2) is 52.4 Å². The van der Waals surface area contributed by atoms with Crippen molar-refractivity contribution in [3.63, 3.8) is 0 Å². The fraction of sp³-hybridized carbons (Fsp3) is 0.464. The Bertz CT molecular complexity index is 1340. The van der Waals surface area contributed by atoms with Crippen molar-refractivity contribution in [2.75, 3.05) is 31.1 Å². The third-order valence-electron chi connectivity index (χ3n) is 8.80. The Labute approximate surface area is 200 Å². The van der Waals surface area contributed by atoms with Crippen LogP contribution < -0.4 is 4.90 Å². The highest BCUT2D eigenvalue weighted by atomic mass is 16.1. The Morgan fingerprint density at radius 2 is 1.91 bits per heavy atom. The largest absolute Gasteiger partial charge is 0.357 e. The molecule has 1 saturated heterocycles. The number of hydrogen-bond donors (Lipinski definition) is 1. The molecule has 0 radical (unpaired) electrons. The first-order chi connectivity index (χ1) is 16.4. The molecule has 6 rings (SSSR count). The molecule has 2 fully saturated rings. The molecule has 1 aromatic carbocycles. The van der Waals surface area contributed by atoms with Crippen LogP contribution in [0.5, 0.6) is 0 Å². The molecule has 0 atom stereocenters. The maximum atomic E-state index is 13.6. The number of carbonyl (C=O) groups is 1. The molecule has 1 N–H and O–H groups in total. The van der Waals surface area contributed by atoms with Gasteiger partial charge in [0.1, 0.15) is 5.82 Å². The Morgan fingerprint density at radius 3 is 2.56 bits per heavy atom. The number of aromatic amines is 1. The molecule has 3 aromatic rings. The first kappa shape index (κ1) is 21.4. The quantitative estimate of drug-likeness (QED) is 0.619. The summed E-state index contributed by atoms with van der Waals surface area (Å²) in [6.45, 7) is 10.7. The van der Waals surface area contributed by atoms with Crippen molar-refractivity contribution in [2.24, 2.45) is 0 Å². The van der Waals surface area contributed by atoms with Gasteiger partial charge in [-0.15, -0.1) is 0 Å². The zero-order valence-corrected chi connectivity index (χ0v) is 20.2. The van der Waals surface area contributed by atoms with Gasteiger partial charge in [-0.25, -0.2) is 4.98 Å². The second-order valence-corrected chi connectivity index (χ2v) is 10.7. The predicted molar refractivity (Wildman–Crippen MR) is 133 cm³/mol. The van der Waals surface area contributed by atoms with E-state index < -0.39 is 0 Å². The molecule has 0 spiro atoms. The first-order valence-electron chi connectivity index (χ1n) is 12.5. The highest BCUT2D eigenvalue weighted by Crippen LogP contribution is 2.45. The maximum Gasteiger partial charge on any atom is 0.197 e. The van der Waals surface area contributed by atoms with Crippen LogP contribution in [0.3, 0.4) is 0 Å². The smallest absolute Gasteiger partial charge is 0.197 e. The first-order valence-corrected chi connectivity index (χ1v) is 12.5. The summed E-state index contributed by atoms with van der Waals surface area (Å²) in [5.74, 6) is 0.976. The second kappa shape index (κ2) is 7.41. The summed E-state index contributed by atoms with van der Waals surface area (Å²) in [6, 6.07) is 9.82. The van der Waals surface area contributed by atoms with E-state index in [9.17, 15) is 10.1 Å². The summed E-state index contributed by atoms with van der Waals surface area (Å²) < 4.78 is 0. The number of piperazine rings is 1. The van der Waals surface area contributed by atoms with Crippen LogP contribution >= 0.6 is 0 Å². The minimum absolute atomic E-state index is 0.0130. The normalized spacial score (nSPS) is 21.0. The molecule has 34 heavy (non-hydrogen) atoms. The lowest BCUT2D eigenvalue weighted by Gasteiger charge is -2.53. The summed E-state index contributed by atoms with van der Waals surface area (Å²) in [4.78, 5) is 26.9. The summed E-state index contributed by atoms with van der Waals surface area (Å²) in [5.41, 5.74) is 4.83. The van der Waals surface area contributed by atoms with Gasteiger partial charge in [0.25, 0.3) is 0 Å². The van der Waals surface area contributed by atoms with Crippen LogP contribution in [0.15, 0.2) is 30.5 Å². The van der Waals surface area contributed by atoms with E-state index in [0.29, 0.717) is 22.2 Å². The van der Waals surface area contributed by atoms with Gasteiger partial charge in [0.15, 0.2) is 5.78 Å². The number of hydrogen-bond acceptors (Lipinski definition) is 5. The molecule has 174 valence electrons. The molecule has 6 nitrogen and oxygen atoms in total. The van der Waals surface area contributed by atoms with Crippen LogP contribution in [0, 0.1) is 11.3 Å². The molecular weight excluding hydrogens is 422 g/mol. The monoisotopic (exact) mass is 453 g/mol. The second-order valence-electron chi connectivity index (χ2n) is 10.7. The molecule has 2 aromatic heterocycles. The molecule has 0 unspecified atom stereocenters. The molecule has 3 aliphatic rings. The van der Waals surface area contributed by atoms with E-state index in [-0.39, 0.29) is 11.2 Å². The third kappa shape index (κ3) is 2.89. The molecule has 6 heteroatoms. The molecule has 1 saturated carbocycles. The number of nitrogens with one attached hydrogen (secondary N) is 1. The van der Waals surface area contributed by atoms with E-state index in [2.05, 4.69) is 47.7 Å². The minimum Gasteiger partial charge on any atom is -0.357 e. The lowest BCUT2D eigenvalue weighted by atomic mass is 9.72.